The van der Waals surface area contributed by atoms with Gasteiger partial charge in [0.05, 0.1) is 11.2 Å². The van der Waals surface area contributed by atoms with Crippen LogP contribution in [-0.4, -0.2) is 18.0 Å². The van der Waals surface area contributed by atoms with Gasteiger partial charge in [0.1, 0.15) is 6.79 Å². The van der Waals surface area contributed by atoms with Crippen molar-refractivity contribution in [3.8, 4) is 0 Å². The summed E-state index contributed by atoms with van der Waals surface area (Å²) in [6, 6.07) is 0. The average molecular weight is 251 g/mol. The van der Waals surface area contributed by atoms with Crippen molar-refractivity contribution in [3.63, 3.8) is 0 Å². The molecule has 0 radical (unpaired) electrons. The molecule has 2 unspecified atom stereocenters. The Labute approximate surface area is 111 Å². The normalized spacial score (nSPS) is 46.7. The zero-order chi connectivity index (χ0) is 13.0. The van der Waals surface area contributed by atoms with Gasteiger partial charge in [-0.3, -0.25) is 0 Å². The molecule has 0 spiro atoms. The summed E-state index contributed by atoms with van der Waals surface area (Å²) >= 11 is 0. The van der Waals surface area contributed by atoms with Crippen LogP contribution in [0.25, 0.3) is 0 Å². The lowest BCUT2D eigenvalue weighted by molar-refractivity contribution is -0.238. The number of ether oxygens (including phenoxy) is 2. The van der Waals surface area contributed by atoms with Gasteiger partial charge in [-0.05, 0) is 58.3 Å². The van der Waals surface area contributed by atoms with E-state index in [-0.39, 0.29) is 11.2 Å². The van der Waals surface area contributed by atoms with Gasteiger partial charge in [0, 0.05) is 0 Å². The van der Waals surface area contributed by atoms with Crippen LogP contribution in [0.3, 0.4) is 0 Å². The summed E-state index contributed by atoms with van der Waals surface area (Å²) < 4.78 is 12.0. The summed E-state index contributed by atoms with van der Waals surface area (Å²) in [5.41, 5.74) is 0.299. The Morgan fingerprint density at radius 1 is 1.11 bits per heavy atom. The van der Waals surface area contributed by atoms with E-state index in [4.69, 9.17) is 9.47 Å². The molecule has 4 saturated carbocycles. The fourth-order valence-corrected chi connectivity index (χ4v) is 4.86. The van der Waals surface area contributed by atoms with Gasteiger partial charge in [-0.2, -0.15) is 5.41 Å². The third-order valence-electron chi connectivity index (χ3n) is 4.99. The van der Waals surface area contributed by atoms with Crippen molar-refractivity contribution in [3.05, 3.63) is 6.92 Å². The lowest BCUT2D eigenvalue weighted by Gasteiger charge is -2.64. The van der Waals surface area contributed by atoms with E-state index in [9.17, 15) is 0 Å². The summed E-state index contributed by atoms with van der Waals surface area (Å²) in [7, 11) is 0. The van der Waals surface area contributed by atoms with Crippen LogP contribution in [0, 0.1) is 24.2 Å². The molecule has 2 heteroatoms. The highest BCUT2D eigenvalue weighted by atomic mass is 16.7. The van der Waals surface area contributed by atoms with Gasteiger partial charge in [0.25, 0.3) is 0 Å². The first kappa shape index (κ1) is 12.9. The van der Waals surface area contributed by atoms with Gasteiger partial charge in [0.15, 0.2) is 0 Å². The second kappa shape index (κ2) is 3.96. The molecule has 4 bridgehead atoms. The minimum Gasteiger partial charge on any atom is -0.350 e. The van der Waals surface area contributed by atoms with Crippen LogP contribution in [0.15, 0.2) is 0 Å². The Kier molecular flexibility index (Phi) is 2.84. The number of hydrogen-bond acceptors (Lipinski definition) is 2. The van der Waals surface area contributed by atoms with Gasteiger partial charge in [-0.25, -0.2) is 0 Å². The Bertz CT molecular complexity index is 314. The minimum absolute atomic E-state index is 0.0943. The van der Waals surface area contributed by atoms with Crippen LogP contribution in [0.5, 0.6) is 0 Å². The highest BCUT2D eigenvalue weighted by molar-refractivity contribution is 5.10. The molecule has 0 saturated heterocycles. The second-order valence-electron chi connectivity index (χ2n) is 8.16. The van der Waals surface area contributed by atoms with Crippen molar-refractivity contribution < 1.29 is 9.47 Å². The molecule has 2 atom stereocenters. The third-order valence-corrected chi connectivity index (χ3v) is 4.99. The highest BCUT2D eigenvalue weighted by Gasteiger charge is 2.53. The molecule has 0 aromatic carbocycles. The predicted molar refractivity (Wildman–Crippen MR) is 72.0 cm³/mol. The molecule has 0 aromatic rings. The maximum Gasteiger partial charge on any atom is 0.148 e. The molecule has 0 aromatic heterocycles. The Hall–Kier alpha value is -0.0800. The fourth-order valence-electron chi connectivity index (χ4n) is 4.86. The molecule has 4 rings (SSSR count). The van der Waals surface area contributed by atoms with E-state index in [1.807, 2.05) is 0 Å². The van der Waals surface area contributed by atoms with Crippen LogP contribution in [0.2, 0.25) is 0 Å². The maximum absolute atomic E-state index is 6.22. The molecule has 104 valence electrons. The van der Waals surface area contributed by atoms with E-state index in [2.05, 4.69) is 27.7 Å². The molecule has 4 aliphatic rings. The summed E-state index contributed by atoms with van der Waals surface area (Å²) in [6.07, 6.45) is 7.72. The minimum atomic E-state index is -0.107. The van der Waals surface area contributed by atoms with E-state index in [0.717, 1.165) is 18.3 Å². The largest absolute Gasteiger partial charge is 0.350 e. The molecule has 18 heavy (non-hydrogen) atoms. The Morgan fingerprint density at radius 3 is 2.22 bits per heavy atom. The van der Waals surface area contributed by atoms with E-state index >= 15 is 0 Å². The molecular formula is C16H27O2-. The molecule has 0 heterocycles. The van der Waals surface area contributed by atoms with Gasteiger partial charge in [-0.15, -0.1) is 0 Å². The Balaban J connectivity index is 1.64. The van der Waals surface area contributed by atoms with Gasteiger partial charge >= 0.3 is 0 Å². The SMILES string of the molecule is [CH2-]C12CC3CC(C1)CC(OCOC(C)(C)C)(C3)C2. The standard InChI is InChI=1S/C16H27O2/c1-14(2,3)17-11-18-16-8-12-5-13(9-16)7-15(4,6-12)10-16/h12-13H,4-11H2,1-3H3/q-1. The highest BCUT2D eigenvalue weighted by Crippen LogP contribution is 2.62. The van der Waals surface area contributed by atoms with Crippen molar-refractivity contribution in [1.82, 2.24) is 0 Å². The molecule has 2 nitrogen and oxygen atoms in total. The van der Waals surface area contributed by atoms with E-state index < -0.39 is 0 Å². The van der Waals surface area contributed by atoms with Crippen molar-refractivity contribution in [2.24, 2.45) is 17.3 Å². The van der Waals surface area contributed by atoms with Crippen molar-refractivity contribution in [1.29, 1.82) is 0 Å². The number of rotatable bonds is 3. The van der Waals surface area contributed by atoms with Crippen LogP contribution in [0.4, 0.5) is 0 Å². The van der Waals surface area contributed by atoms with Gasteiger partial charge in [-0.1, -0.05) is 12.8 Å². The first-order valence-corrected chi connectivity index (χ1v) is 7.41. The molecule has 0 amide bonds. The zero-order valence-electron chi connectivity index (χ0n) is 12.1. The summed E-state index contributed by atoms with van der Waals surface area (Å²) in [4.78, 5) is 0. The number of hydrogen-bond donors (Lipinski definition) is 0. The molecule has 4 aliphatic carbocycles. The maximum atomic E-state index is 6.22. The predicted octanol–water partition coefficient (Wildman–Crippen LogP) is 3.95. The first-order chi connectivity index (χ1) is 8.28. The summed E-state index contributed by atoms with van der Waals surface area (Å²) in [6.45, 7) is 11.2. The van der Waals surface area contributed by atoms with Crippen LogP contribution < -0.4 is 0 Å². The van der Waals surface area contributed by atoms with Crippen molar-refractivity contribution in [2.75, 3.05) is 6.79 Å². The second-order valence-corrected chi connectivity index (χ2v) is 8.16. The monoisotopic (exact) mass is 251 g/mol. The molecule has 4 fully saturated rings. The molecular weight excluding hydrogens is 224 g/mol. The van der Waals surface area contributed by atoms with Crippen molar-refractivity contribution >= 4 is 0 Å². The Morgan fingerprint density at radius 2 is 1.72 bits per heavy atom. The topological polar surface area (TPSA) is 18.5 Å². The van der Waals surface area contributed by atoms with Crippen LogP contribution >= 0.6 is 0 Å². The lowest BCUT2D eigenvalue weighted by atomic mass is 9.48. The lowest BCUT2D eigenvalue weighted by Crippen LogP contribution is -2.56. The van der Waals surface area contributed by atoms with Gasteiger partial charge < -0.3 is 16.4 Å². The van der Waals surface area contributed by atoms with Crippen molar-refractivity contribution in [2.45, 2.75) is 70.5 Å². The quantitative estimate of drug-likeness (QED) is 0.558. The van der Waals surface area contributed by atoms with E-state index in [1.54, 1.807) is 0 Å². The fraction of sp³-hybridized carbons (Fsp3) is 0.938. The van der Waals surface area contributed by atoms with Crippen LogP contribution in [0.1, 0.15) is 59.3 Å². The van der Waals surface area contributed by atoms with E-state index in [0.29, 0.717) is 12.2 Å². The average Bonchev–Trinajstić information content (AvgIpc) is 2.09. The summed E-state index contributed by atoms with van der Waals surface area (Å²) in [5.74, 6) is 1.72. The molecule has 0 N–H and O–H groups in total. The van der Waals surface area contributed by atoms with Gasteiger partial charge in [0.2, 0.25) is 0 Å². The summed E-state index contributed by atoms with van der Waals surface area (Å²) in [5, 5.41) is 0. The first-order valence-electron chi connectivity index (χ1n) is 7.41. The van der Waals surface area contributed by atoms with Crippen LogP contribution in [-0.2, 0) is 9.47 Å². The molecule has 0 aliphatic heterocycles. The zero-order valence-corrected chi connectivity index (χ0v) is 12.1. The smallest absolute Gasteiger partial charge is 0.148 e. The third kappa shape index (κ3) is 2.46. The van der Waals surface area contributed by atoms with E-state index in [1.165, 1.54) is 32.1 Å².